The number of carbonyl (C=O) groups is 1. The molecular formula is C12H13N3O2. The molecule has 0 amide bonds. The lowest BCUT2D eigenvalue weighted by Gasteiger charge is -1.96. The van der Waals surface area contributed by atoms with Crippen molar-refractivity contribution in [3.8, 4) is 11.3 Å². The molecule has 0 saturated carbocycles. The number of pyridine rings is 1. The lowest BCUT2D eigenvalue weighted by molar-refractivity contribution is -0.137. The summed E-state index contributed by atoms with van der Waals surface area (Å²) in [6, 6.07) is 3.76. The summed E-state index contributed by atoms with van der Waals surface area (Å²) in [6.07, 6.45) is 3.92. The highest BCUT2D eigenvalue weighted by molar-refractivity contribution is 5.67. The molecule has 2 aromatic rings. The summed E-state index contributed by atoms with van der Waals surface area (Å²) < 4.78 is 0. The number of carboxylic acids is 1. The van der Waals surface area contributed by atoms with Gasteiger partial charge in [-0.25, -0.2) is 4.98 Å². The molecule has 0 aromatic carbocycles. The van der Waals surface area contributed by atoms with Gasteiger partial charge in [-0.15, -0.1) is 0 Å². The number of aryl methyl sites for hydroxylation is 2. The third-order valence-corrected chi connectivity index (χ3v) is 2.46. The zero-order valence-corrected chi connectivity index (χ0v) is 9.47. The summed E-state index contributed by atoms with van der Waals surface area (Å²) in [5.74, 6) is -0.110. The molecule has 0 saturated heterocycles. The first kappa shape index (κ1) is 11.3. The van der Waals surface area contributed by atoms with Gasteiger partial charge in [-0.05, 0) is 19.1 Å². The van der Waals surface area contributed by atoms with Gasteiger partial charge in [0.1, 0.15) is 5.82 Å². The first-order chi connectivity index (χ1) is 8.16. The van der Waals surface area contributed by atoms with Gasteiger partial charge in [0.05, 0.1) is 12.1 Å². The molecule has 0 bridgehead atoms. The highest BCUT2D eigenvalue weighted by atomic mass is 16.4. The number of carboxylic acid groups (broad SMARTS) is 1. The van der Waals surface area contributed by atoms with Gasteiger partial charge in [0, 0.05) is 30.1 Å². The molecule has 5 nitrogen and oxygen atoms in total. The standard InChI is InChI=1S/C12H13N3O2/c1-8-12(9-4-6-13-7-5-9)15-10(14-8)2-3-11(16)17/h4-7H,2-3H2,1H3,(H,14,15)(H,16,17). The molecule has 17 heavy (non-hydrogen) atoms. The largest absolute Gasteiger partial charge is 0.481 e. The molecule has 0 aliphatic carbocycles. The van der Waals surface area contributed by atoms with Crippen LogP contribution >= 0.6 is 0 Å². The van der Waals surface area contributed by atoms with E-state index in [0.717, 1.165) is 17.0 Å². The monoisotopic (exact) mass is 231 g/mol. The van der Waals surface area contributed by atoms with Crippen molar-refractivity contribution in [1.82, 2.24) is 15.0 Å². The molecule has 2 heterocycles. The van der Waals surface area contributed by atoms with Crippen molar-refractivity contribution in [2.45, 2.75) is 19.8 Å². The number of nitrogens with zero attached hydrogens (tertiary/aromatic N) is 2. The van der Waals surface area contributed by atoms with Gasteiger partial charge in [0.2, 0.25) is 0 Å². The normalized spacial score (nSPS) is 10.4. The number of hydrogen-bond acceptors (Lipinski definition) is 3. The maximum atomic E-state index is 10.5. The van der Waals surface area contributed by atoms with E-state index in [0.29, 0.717) is 12.2 Å². The SMILES string of the molecule is Cc1[nH]c(CCC(=O)O)nc1-c1ccncc1. The van der Waals surface area contributed by atoms with Crippen molar-refractivity contribution in [3.05, 3.63) is 36.0 Å². The van der Waals surface area contributed by atoms with E-state index >= 15 is 0 Å². The number of aromatic nitrogens is 3. The minimum Gasteiger partial charge on any atom is -0.481 e. The lowest BCUT2D eigenvalue weighted by atomic mass is 10.2. The summed E-state index contributed by atoms with van der Waals surface area (Å²) in [7, 11) is 0. The van der Waals surface area contributed by atoms with Crippen LogP contribution in [0, 0.1) is 6.92 Å². The van der Waals surface area contributed by atoms with E-state index in [1.165, 1.54) is 0 Å². The fourth-order valence-corrected chi connectivity index (χ4v) is 1.66. The Hall–Kier alpha value is -2.17. The Labute approximate surface area is 98.6 Å². The zero-order chi connectivity index (χ0) is 12.3. The summed E-state index contributed by atoms with van der Waals surface area (Å²) in [6.45, 7) is 1.92. The molecular weight excluding hydrogens is 218 g/mol. The summed E-state index contributed by atoms with van der Waals surface area (Å²) in [5, 5.41) is 8.62. The van der Waals surface area contributed by atoms with Crippen LogP contribution in [0.2, 0.25) is 0 Å². The Morgan fingerprint density at radius 1 is 1.41 bits per heavy atom. The summed E-state index contributed by atoms with van der Waals surface area (Å²) >= 11 is 0. The number of rotatable bonds is 4. The van der Waals surface area contributed by atoms with Gasteiger partial charge in [-0.2, -0.15) is 0 Å². The molecule has 0 spiro atoms. The molecule has 0 radical (unpaired) electrons. The van der Waals surface area contributed by atoms with Crippen molar-refractivity contribution in [1.29, 1.82) is 0 Å². The molecule has 2 N–H and O–H groups in total. The molecule has 88 valence electrons. The van der Waals surface area contributed by atoms with E-state index in [-0.39, 0.29) is 6.42 Å². The Morgan fingerprint density at radius 3 is 2.76 bits per heavy atom. The van der Waals surface area contributed by atoms with E-state index < -0.39 is 5.97 Å². The van der Waals surface area contributed by atoms with Gasteiger partial charge in [0.25, 0.3) is 0 Å². The second-order valence-electron chi connectivity index (χ2n) is 3.79. The highest BCUT2D eigenvalue weighted by Gasteiger charge is 2.09. The Morgan fingerprint density at radius 2 is 2.12 bits per heavy atom. The first-order valence-corrected chi connectivity index (χ1v) is 5.34. The minimum absolute atomic E-state index is 0.0861. The van der Waals surface area contributed by atoms with Crippen LogP contribution in [0.1, 0.15) is 17.9 Å². The van der Waals surface area contributed by atoms with Crippen LogP contribution < -0.4 is 0 Å². The maximum Gasteiger partial charge on any atom is 0.303 e. The van der Waals surface area contributed by atoms with Crippen molar-refractivity contribution < 1.29 is 9.90 Å². The van der Waals surface area contributed by atoms with E-state index in [2.05, 4.69) is 15.0 Å². The second kappa shape index (κ2) is 4.78. The minimum atomic E-state index is -0.815. The number of aromatic amines is 1. The van der Waals surface area contributed by atoms with Gasteiger partial charge < -0.3 is 10.1 Å². The van der Waals surface area contributed by atoms with Crippen LogP contribution in [0.4, 0.5) is 0 Å². The molecule has 0 atom stereocenters. The van der Waals surface area contributed by atoms with Gasteiger partial charge in [-0.3, -0.25) is 9.78 Å². The maximum absolute atomic E-state index is 10.5. The fraction of sp³-hybridized carbons (Fsp3) is 0.250. The van der Waals surface area contributed by atoms with Crippen LogP contribution in [0.15, 0.2) is 24.5 Å². The molecule has 0 aliphatic heterocycles. The molecule has 2 rings (SSSR count). The topological polar surface area (TPSA) is 78.9 Å². The lowest BCUT2D eigenvalue weighted by Crippen LogP contribution is -1.98. The van der Waals surface area contributed by atoms with E-state index in [1.807, 2.05) is 19.1 Å². The first-order valence-electron chi connectivity index (χ1n) is 5.34. The van der Waals surface area contributed by atoms with Crippen LogP contribution in [-0.4, -0.2) is 26.0 Å². The van der Waals surface area contributed by atoms with Crippen LogP contribution in [0.3, 0.4) is 0 Å². The van der Waals surface area contributed by atoms with Gasteiger partial charge in [0.15, 0.2) is 0 Å². The Kier molecular flexibility index (Phi) is 3.18. The Balaban J connectivity index is 2.22. The predicted molar refractivity (Wildman–Crippen MR) is 62.5 cm³/mol. The number of H-pyrrole nitrogens is 1. The molecule has 0 aliphatic rings. The second-order valence-corrected chi connectivity index (χ2v) is 3.79. The van der Waals surface area contributed by atoms with Crippen LogP contribution in [0.5, 0.6) is 0 Å². The quantitative estimate of drug-likeness (QED) is 0.840. The van der Waals surface area contributed by atoms with Crippen molar-refractivity contribution in [2.24, 2.45) is 0 Å². The molecule has 2 aromatic heterocycles. The van der Waals surface area contributed by atoms with E-state index in [1.54, 1.807) is 12.4 Å². The highest BCUT2D eigenvalue weighted by Crippen LogP contribution is 2.20. The van der Waals surface area contributed by atoms with Crippen molar-refractivity contribution in [3.63, 3.8) is 0 Å². The number of hydrogen-bond donors (Lipinski definition) is 2. The number of nitrogens with one attached hydrogen (secondary N) is 1. The fourth-order valence-electron chi connectivity index (χ4n) is 1.66. The predicted octanol–water partition coefficient (Wildman–Crippen LogP) is 1.80. The average Bonchev–Trinajstić information content (AvgIpc) is 2.69. The van der Waals surface area contributed by atoms with Gasteiger partial charge in [-0.1, -0.05) is 0 Å². The van der Waals surface area contributed by atoms with Crippen LogP contribution in [-0.2, 0) is 11.2 Å². The molecule has 0 fully saturated rings. The third-order valence-electron chi connectivity index (χ3n) is 2.46. The van der Waals surface area contributed by atoms with E-state index in [9.17, 15) is 4.79 Å². The average molecular weight is 231 g/mol. The van der Waals surface area contributed by atoms with Crippen molar-refractivity contribution in [2.75, 3.05) is 0 Å². The van der Waals surface area contributed by atoms with Gasteiger partial charge >= 0.3 is 5.97 Å². The van der Waals surface area contributed by atoms with Crippen LogP contribution in [0.25, 0.3) is 11.3 Å². The molecule has 0 unspecified atom stereocenters. The zero-order valence-electron chi connectivity index (χ0n) is 9.47. The molecule has 5 heteroatoms. The smallest absolute Gasteiger partial charge is 0.303 e. The number of imidazole rings is 1. The third kappa shape index (κ3) is 2.69. The Bertz CT molecular complexity index is 520. The number of aliphatic carboxylic acids is 1. The van der Waals surface area contributed by atoms with Crippen molar-refractivity contribution >= 4 is 5.97 Å². The summed E-state index contributed by atoms with van der Waals surface area (Å²) in [4.78, 5) is 21.9. The summed E-state index contributed by atoms with van der Waals surface area (Å²) in [5.41, 5.74) is 2.78. The van der Waals surface area contributed by atoms with E-state index in [4.69, 9.17) is 5.11 Å².